The third-order valence-corrected chi connectivity index (χ3v) is 12.5. The first kappa shape index (κ1) is 61.3. The highest BCUT2D eigenvalue weighted by atomic mass is 16.7. The molecule has 1 aliphatic rings. The summed E-state index contributed by atoms with van der Waals surface area (Å²) < 4.78 is 13.0. The van der Waals surface area contributed by atoms with Crippen molar-refractivity contribution < 1.29 is 9.47 Å². The van der Waals surface area contributed by atoms with E-state index in [1.807, 2.05) is 0 Å². The number of ether oxygens (including phenoxy) is 2. The van der Waals surface area contributed by atoms with Crippen LogP contribution in [0.15, 0.2) is 72.9 Å². The van der Waals surface area contributed by atoms with Gasteiger partial charge in [-0.25, -0.2) is 0 Å². The van der Waals surface area contributed by atoms with Gasteiger partial charge in [0.05, 0.1) is 12.7 Å². The molecule has 0 saturated carbocycles. The Balaban J connectivity index is 0.00000178. The predicted molar refractivity (Wildman–Crippen MR) is 285 cm³/mol. The summed E-state index contributed by atoms with van der Waals surface area (Å²) in [5, 5.41) is 0. The second-order valence-electron chi connectivity index (χ2n) is 18.8. The minimum atomic E-state index is -0.330. The Morgan fingerprint density at radius 2 is 0.651 bits per heavy atom. The van der Waals surface area contributed by atoms with Crippen LogP contribution in [0.1, 0.15) is 285 Å². The molecule has 368 valence electrons. The van der Waals surface area contributed by atoms with Crippen molar-refractivity contribution in [3.63, 3.8) is 0 Å². The van der Waals surface area contributed by atoms with E-state index in [1.165, 1.54) is 212 Å². The van der Waals surface area contributed by atoms with Gasteiger partial charge in [-0.1, -0.05) is 223 Å². The van der Waals surface area contributed by atoms with Gasteiger partial charge in [0, 0.05) is 12.8 Å². The van der Waals surface area contributed by atoms with E-state index in [0.717, 1.165) is 58.1 Å². The topological polar surface area (TPSA) is 44.5 Å². The molecule has 1 rings (SSSR count). The summed E-state index contributed by atoms with van der Waals surface area (Å²) >= 11 is 0. The summed E-state index contributed by atoms with van der Waals surface area (Å²) in [5.41, 5.74) is 5.77. The molecule has 0 bridgehead atoms. The fourth-order valence-corrected chi connectivity index (χ4v) is 8.32. The predicted octanol–water partition coefficient (Wildman–Crippen LogP) is 20.1. The second kappa shape index (κ2) is 52.9. The largest absolute Gasteiger partial charge is 0.347 e. The Morgan fingerprint density at radius 1 is 0.365 bits per heavy atom. The van der Waals surface area contributed by atoms with E-state index in [-0.39, 0.29) is 11.9 Å². The van der Waals surface area contributed by atoms with Gasteiger partial charge in [-0.3, -0.25) is 0 Å². The van der Waals surface area contributed by atoms with Crippen LogP contribution in [-0.4, -0.2) is 25.0 Å². The molecule has 1 heterocycles. The van der Waals surface area contributed by atoms with Crippen molar-refractivity contribution >= 4 is 0 Å². The average molecular weight is 879 g/mol. The van der Waals surface area contributed by atoms with Gasteiger partial charge in [0.25, 0.3) is 0 Å². The molecule has 1 fully saturated rings. The molecule has 0 spiro atoms. The monoisotopic (exact) mass is 878 g/mol. The number of allylic oxidation sites excluding steroid dienone is 12. The number of rotatable bonds is 46. The Labute approximate surface area is 396 Å². The Kier molecular flexibility index (Phi) is 51.5. The molecule has 1 saturated heterocycles. The van der Waals surface area contributed by atoms with Crippen molar-refractivity contribution in [2.45, 2.75) is 296 Å². The normalized spacial score (nSPS) is 15.5. The maximum Gasteiger partial charge on any atom is 0.168 e. The average Bonchev–Trinajstić information content (AvgIpc) is 3.71. The van der Waals surface area contributed by atoms with E-state index in [4.69, 9.17) is 15.2 Å². The fraction of sp³-hybridized carbons (Fsp3) is 0.800. The lowest BCUT2D eigenvalue weighted by Crippen LogP contribution is -2.31. The van der Waals surface area contributed by atoms with Crippen molar-refractivity contribution in [2.24, 2.45) is 5.73 Å². The van der Waals surface area contributed by atoms with Crippen molar-refractivity contribution in [3.05, 3.63) is 72.9 Å². The minimum absolute atomic E-state index is 0.239. The minimum Gasteiger partial charge on any atom is -0.347 e. The summed E-state index contributed by atoms with van der Waals surface area (Å²) in [6, 6.07) is 0. The molecule has 0 amide bonds. The van der Waals surface area contributed by atoms with E-state index in [0.29, 0.717) is 0 Å². The highest BCUT2D eigenvalue weighted by Gasteiger charge is 2.40. The van der Waals surface area contributed by atoms with Gasteiger partial charge in [0.2, 0.25) is 0 Å². The van der Waals surface area contributed by atoms with Crippen LogP contribution in [0.3, 0.4) is 0 Å². The zero-order valence-corrected chi connectivity index (χ0v) is 43.1. The highest BCUT2D eigenvalue weighted by molar-refractivity contribution is 4.94. The Hall–Kier alpha value is -1.68. The lowest BCUT2D eigenvalue weighted by molar-refractivity contribution is -0.180. The summed E-state index contributed by atoms with van der Waals surface area (Å²) in [4.78, 5) is 0. The lowest BCUT2D eigenvalue weighted by atomic mass is 9.98. The molecule has 0 aromatic heterocycles. The van der Waals surface area contributed by atoms with E-state index in [9.17, 15) is 0 Å². The van der Waals surface area contributed by atoms with E-state index in [2.05, 4.69) is 101 Å². The zero-order chi connectivity index (χ0) is 45.7. The fourth-order valence-electron chi connectivity index (χ4n) is 8.32. The van der Waals surface area contributed by atoms with Crippen molar-refractivity contribution in [3.8, 4) is 0 Å². The molecule has 1 unspecified atom stereocenters. The molecule has 63 heavy (non-hydrogen) atoms. The van der Waals surface area contributed by atoms with Crippen LogP contribution in [-0.2, 0) is 9.47 Å². The number of unbranched alkanes of at least 4 members (excludes halogenated alkanes) is 27. The van der Waals surface area contributed by atoms with Crippen molar-refractivity contribution in [1.82, 2.24) is 0 Å². The summed E-state index contributed by atoms with van der Waals surface area (Å²) in [6.07, 6.45) is 79.6. The zero-order valence-electron chi connectivity index (χ0n) is 43.1. The quantitative estimate of drug-likeness (QED) is 0.0489. The second-order valence-corrected chi connectivity index (χ2v) is 18.8. The summed E-state index contributed by atoms with van der Waals surface area (Å²) in [7, 11) is 0. The SMILES string of the molecule is CCCCC/C=C\C/C=C\CCCCCCCC.CCCCC/C=C\C/C=C\CCCCCCCCC1(CCCCCCCC/C=C\C/C=C\CCCCC)OCC(CCCN)O1. The van der Waals surface area contributed by atoms with Gasteiger partial charge >= 0.3 is 0 Å². The third kappa shape index (κ3) is 46.6. The first-order valence-electron chi connectivity index (χ1n) is 28.1. The molecule has 0 aliphatic carbocycles. The molecule has 1 atom stereocenters. The maximum atomic E-state index is 6.60. The number of nitrogens with two attached hydrogens (primary N) is 1. The first-order chi connectivity index (χ1) is 31.2. The van der Waals surface area contributed by atoms with Gasteiger partial charge in [-0.05, 0) is 129 Å². The van der Waals surface area contributed by atoms with Crippen molar-refractivity contribution in [1.29, 1.82) is 0 Å². The third-order valence-electron chi connectivity index (χ3n) is 12.5. The van der Waals surface area contributed by atoms with Crippen LogP contribution >= 0.6 is 0 Å². The van der Waals surface area contributed by atoms with Gasteiger partial charge in [0.15, 0.2) is 5.79 Å². The Bertz CT molecular complexity index is 1000. The van der Waals surface area contributed by atoms with Crippen LogP contribution in [0.4, 0.5) is 0 Å². The van der Waals surface area contributed by atoms with E-state index < -0.39 is 0 Å². The van der Waals surface area contributed by atoms with Crippen LogP contribution in [0.2, 0.25) is 0 Å². The highest BCUT2D eigenvalue weighted by Crippen LogP contribution is 2.36. The summed E-state index contributed by atoms with van der Waals surface area (Å²) in [6.45, 7) is 10.6. The molecule has 3 heteroatoms. The molecule has 1 aliphatic heterocycles. The van der Waals surface area contributed by atoms with Crippen molar-refractivity contribution in [2.75, 3.05) is 13.2 Å². The Morgan fingerprint density at radius 3 is 0.984 bits per heavy atom. The van der Waals surface area contributed by atoms with Gasteiger partial charge < -0.3 is 15.2 Å². The van der Waals surface area contributed by atoms with Crippen LogP contribution in [0, 0.1) is 0 Å². The molecule has 3 nitrogen and oxygen atoms in total. The summed E-state index contributed by atoms with van der Waals surface area (Å²) in [5.74, 6) is -0.330. The molecular weight excluding hydrogens is 767 g/mol. The number of hydrogen-bond donors (Lipinski definition) is 1. The molecular formula is C60H111NO2. The molecule has 2 N–H and O–H groups in total. The van der Waals surface area contributed by atoms with E-state index in [1.54, 1.807) is 0 Å². The van der Waals surface area contributed by atoms with Gasteiger partial charge in [-0.2, -0.15) is 0 Å². The van der Waals surface area contributed by atoms with Gasteiger partial charge in [-0.15, -0.1) is 0 Å². The molecule has 0 aromatic rings. The van der Waals surface area contributed by atoms with Gasteiger partial charge in [0.1, 0.15) is 0 Å². The van der Waals surface area contributed by atoms with E-state index >= 15 is 0 Å². The first-order valence-corrected chi connectivity index (χ1v) is 28.1. The van der Waals surface area contributed by atoms with Crippen LogP contribution in [0.5, 0.6) is 0 Å². The molecule has 0 aromatic carbocycles. The van der Waals surface area contributed by atoms with Crippen LogP contribution in [0.25, 0.3) is 0 Å². The maximum absolute atomic E-state index is 6.60. The number of hydrogen-bond acceptors (Lipinski definition) is 3. The lowest BCUT2D eigenvalue weighted by Gasteiger charge is -2.28. The smallest absolute Gasteiger partial charge is 0.168 e. The van der Waals surface area contributed by atoms with Crippen LogP contribution < -0.4 is 5.73 Å². The standard InChI is InChI=1S/C42H77NO2.C18H34/c1-3-5-7-9-11-13-15-17-19-21-23-25-27-29-31-33-37-42(44-40-41(45-42)36-35-39-43)38-34-32-30-28-26-24-22-20-18-16-14-12-10-8-6-4-2;1-3-5-7-9-11-13-15-17-18-16-14-12-10-8-6-4-2/h11-14,17-20,41H,3-10,15-16,21-40,43H2,1-2H3;11,13,17-18H,3-10,12,14-16H2,1-2H3/b13-11-,14-12-,19-17-,20-18-;13-11-,18-17-. The molecule has 0 radical (unpaired) electrons.